The van der Waals surface area contributed by atoms with Crippen LogP contribution in [0.15, 0.2) is 314 Å². The maximum absolute atomic E-state index is 12.4. The summed E-state index contributed by atoms with van der Waals surface area (Å²) in [5.41, 5.74) is 33.4. The Morgan fingerprint density at radius 3 is 1.17 bits per heavy atom. The number of nitro groups is 2. The van der Waals surface area contributed by atoms with Crippen LogP contribution < -0.4 is 32.6 Å². The number of benzene rings is 8. The van der Waals surface area contributed by atoms with Crippen molar-refractivity contribution < 1.29 is 47.4 Å². The maximum atomic E-state index is 12.4. The van der Waals surface area contributed by atoms with E-state index < -0.39 is 4.92 Å². The van der Waals surface area contributed by atoms with Gasteiger partial charge in [-0.15, -0.1) is 14.4 Å². The second-order valence-electron chi connectivity index (χ2n) is 28.0. The fraction of sp³-hybridized carbons (Fsp3) is 0.190. The molecule has 26 nitrogen and oxygen atoms in total. The molecule has 0 aliphatic carbocycles. The van der Waals surface area contributed by atoms with Crippen molar-refractivity contribution in [3.05, 3.63) is 440 Å². The highest BCUT2D eigenvalue weighted by Crippen LogP contribution is 2.26. The topological polar surface area (TPSA) is 382 Å². The Morgan fingerprint density at radius 2 is 0.812 bits per heavy atom. The van der Waals surface area contributed by atoms with Gasteiger partial charge in [0.05, 0.1) is 78.9 Å². The molecular weight excluding hydrogens is 1810 g/mol. The minimum atomic E-state index is -0.443. The number of rotatable bonds is 10. The number of hydrogen-bond donors (Lipinski definition) is 5. The molecule has 0 bridgehead atoms. The molecule has 7 aromatic heterocycles. The number of halogens is 5. The summed E-state index contributed by atoms with van der Waals surface area (Å²) in [7, 11) is 4.79. The Bertz CT molecular complexity index is 5270. The first-order valence-corrected chi connectivity index (χ1v) is 43.1. The van der Waals surface area contributed by atoms with Gasteiger partial charge in [-0.3, -0.25) is 35.2 Å². The van der Waals surface area contributed by atoms with E-state index >= 15 is 0 Å². The van der Waals surface area contributed by atoms with Gasteiger partial charge in [-0.2, -0.15) is 25.5 Å². The second kappa shape index (κ2) is 70.7. The van der Waals surface area contributed by atoms with Crippen LogP contribution in [0.25, 0.3) is 0 Å². The van der Waals surface area contributed by atoms with E-state index in [0.29, 0.717) is 49.4 Å². The van der Waals surface area contributed by atoms with Gasteiger partial charge >= 0.3 is 0 Å². The first kappa shape index (κ1) is 118. The fourth-order valence-electron chi connectivity index (χ4n) is 8.91. The number of aryl methyl sites for hydroxylation is 16. The molecule has 0 aliphatic rings. The van der Waals surface area contributed by atoms with Gasteiger partial charge < -0.3 is 31.8 Å². The summed E-state index contributed by atoms with van der Waals surface area (Å²) in [5, 5.41) is 45.7. The monoisotopic (exact) mass is 1930 g/mol. The molecule has 0 spiro atoms. The lowest BCUT2D eigenvalue weighted by Crippen LogP contribution is -1.94. The van der Waals surface area contributed by atoms with E-state index in [0.717, 1.165) is 83.7 Å². The normalized spacial score (nSPS) is 9.36. The van der Waals surface area contributed by atoms with Gasteiger partial charge in [-0.05, 0) is 300 Å². The van der Waals surface area contributed by atoms with Gasteiger partial charge in [0.2, 0.25) is 0 Å². The molecule has 0 atom stereocenters. The molecule has 8 aromatic carbocycles. The van der Waals surface area contributed by atoms with Crippen molar-refractivity contribution in [2.45, 2.75) is 121 Å². The van der Waals surface area contributed by atoms with Crippen molar-refractivity contribution in [2.24, 2.45) is 5.90 Å². The molecule has 133 heavy (non-hydrogen) atoms. The van der Waals surface area contributed by atoms with Crippen molar-refractivity contribution in [3.8, 4) is 17.2 Å². The molecule has 15 rings (SSSR count). The molecule has 704 valence electrons. The highest BCUT2D eigenvalue weighted by atomic mass is 35.5. The molecule has 7 heterocycles. The van der Waals surface area contributed by atoms with Gasteiger partial charge in [-0.25, -0.2) is 19.2 Å². The van der Waals surface area contributed by atoms with E-state index in [1.54, 1.807) is 150 Å². The van der Waals surface area contributed by atoms with E-state index in [1.807, 2.05) is 248 Å². The Kier molecular flexibility index (Phi) is 62.6. The van der Waals surface area contributed by atoms with Gasteiger partial charge in [-0.1, -0.05) is 161 Å². The quantitative estimate of drug-likeness (QED) is 0.0367. The number of phenolic OH excluding ortho intramolecular Hbond substituents is 1. The number of nitro benzene ring substituents is 2. The van der Waals surface area contributed by atoms with E-state index in [2.05, 4.69) is 78.4 Å². The summed E-state index contributed by atoms with van der Waals surface area (Å²) in [5.74, 6) is 8.02. The van der Waals surface area contributed by atoms with Crippen LogP contribution in [-0.2, 0) is 18.5 Å². The minimum absolute atomic E-state index is 0.0671. The van der Waals surface area contributed by atoms with E-state index in [-0.39, 0.29) is 27.1 Å². The van der Waals surface area contributed by atoms with Crippen LogP contribution in [0.4, 0.5) is 33.2 Å². The zero-order chi connectivity index (χ0) is 99.4. The van der Waals surface area contributed by atoms with E-state index in [1.165, 1.54) is 65.2 Å². The van der Waals surface area contributed by atoms with Crippen LogP contribution in [0.2, 0.25) is 20.1 Å². The van der Waals surface area contributed by atoms with Crippen molar-refractivity contribution in [3.63, 3.8) is 0 Å². The van der Waals surface area contributed by atoms with Gasteiger partial charge in [0.25, 0.3) is 11.4 Å². The van der Waals surface area contributed by atoms with Crippen LogP contribution >= 0.6 is 70.5 Å². The second-order valence-corrected chi connectivity index (χ2v) is 31.2. The third-order valence-corrected chi connectivity index (χ3v) is 18.6. The first-order valence-electron chi connectivity index (χ1n) is 40.1. The third-order valence-electron chi connectivity index (χ3n) is 16.0. The molecule has 0 aliphatic heterocycles. The number of nitrogen functional groups attached to an aromatic ring is 3. The lowest BCUT2D eigenvalue weighted by molar-refractivity contribution is -0.385. The predicted molar refractivity (Wildman–Crippen MR) is 540 cm³/mol. The van der Waals surface area contributed by atoms with Crippen LogP contribution in [0.5, 0.6) is 17.2 Å². The highest BCUT2D eigenvalue weighted by molar-refractivity contribution is 7.94. The van der Waals surface area contributed by atoms with Gasteiger partial charge in [0, 0.05) is 96.7 Å². The predicted octanol–water partition coefficient (Wildman–Crippen LogP) is 26.2. The zero-order valence-corrected chi connectivity index (χ0v) is 82.5. The average Bonchev–Trinajstić information content (AvgIpc) is 0.867. The number of nitrogens with zero attached hydrogens (tertiary/aromatic N) is 11. The standard InChI is InChI=1S/C8H10O2S.C8H10O.C7H6Cl2.C7H6ClF.C7H6ClNO2.C7H9NO2S.C7H7NO2.C7H9NO.C7H9N.C7H8O.2C6H8N2.C6H7N.C5H7N3.C5H6N2/c1-7-5-3-4-6-8(7)11-10-9-2;1-7-3-5-8(9-2)6-4-7;1-5-2-6(8)4-7(9)3-5;1-5-2-3-7(9)6(8)4-5;1-5-2-3-6(8)4-7(5)9(10)11;1-6-4-2-3-5-7(6)11-10-9-8;1-6-4-2-3-5-7(6)8(9)10;1-6-3-4-7(9-2)5-8-6;1-6-3-4-7(2)8-5-6;1-6-2-4-7(8)5-3-6;1-5-2-3-8-6(7)4-5;1-5-2-3-6(7)8-4-5;1-6-2-4-7-5-3-6;1-4-2-5(6)8-7-3-4;1-5-2-3-6-7-4-5/h3-6H,1-2H3;3-6H,1-2H3;2*2-4H,1H3;2-4H,1H3;2-5H,8H2,1H3;2-5H,1H3;3-5H,1-2H3;3-5H,1-2H3;2-5,8H,1H3;2*2-4H,1H3,(H2,7,8);2-5H,1H3;2-3H,1H3,(H2,6,8);2-4H,1H3. The maximum Gasteiger partial charge on any atom is 0.273 e. The largest absolute Gasteiger partial charge is 0.508 e. The van der Waals surface area contributed by atoms with Crippen LogP contribution in [0.1, 0.15) is 89.3 Å². The van der Waals surface area contributed by atoms with Crippen LogP contribution in [0.3, 0.4) is 0 Å². The van der Waals surface area contributed by atoms with E-state index in [4.69, 9.17) is 82.5 Å². The number of methoxy groups -OCH3 is 2. The number of aromatic hydroxyl groups is 1. The molecule has 0 unspecified atom stereocenters. The molecule has 0 saturated heterocycles. The number of anilines is 3. The number of pyridine rings is 5. The zero-order valence-electron chi connectivity index (χ0n) is 77.8. The number of hydrogen-bond acceptors (Lipinski definition) is 26. The molecule has 0 saturated carbocycles. The summed E-state index contributed by atoms with van der Waals surface area (Å²) in [4.78, 5) is 49.9. The number of nitrogens with two attached hydrogens (primary N) is 4. The number of phenols is 1. The molecule has 33 heteroatoms. The average molecular weight is 1930 g/mol. The molecule has 9 N–H and O–H groups in total. The summed E-state index contributed by atoms with van der Waals surface area (Å²) in [6.45, 7) is 31.1. The van der Waals surface area contributed by atoms with Gasteiger partial charge in [0.15, 0.2) is 0 Å². The Labute approximate surface area is 808 Å². The molecule has 0 amide bonds. The summed E-state index contributed by atoms with van der Waals surface area (Å²) in [6, 6.07) is 75.1. The van der Waals surface area contributed by atoms with Crippen LogP contribution in [0, 0.1) is 137 Å². The van der Waals surface area contributed by atoms with Crippen molar-refractivity contribution in [1.82, 2.24) is 45.3 Å². The van der Waals surface area contributed by atoms with Crippen molar-refractivity contribution in [2.75, 3.05) is 38.5 Å². The Morgan fingerprint density at radius 1 is 0.361 bits per heavy atom. The summed E-state index contributed by atoms with van der Waals surface area (Å²) < 4.78 is 31.5. The first-order chi connectivity index (χ1) is 63.3. The van der Waals surface area contributed by atoms with E-state index in [9.17, 15) is 24.6 Å². The molecule has 0 radical (unpaired) electrons. The molecule has 0 fully saturated rings. The number of aromatic nitrogens is 9. The lowest BCUT2D eigenvalue weighted by Gasteiger charge is -2.00. The fourth-order valence-corrected chi connectivity index (χ4v) is 10.9. The molecule has 15 aromatic rings. The SMILES string of the molecule is COOSc1ccccc1C.COc1ccc(C)cc1.COc1ccc(C)nc1.Cc1cc(Cl)cc(Cl)c1.Cc1ccc(C)nc1.Cc1ccc(Cl)cc1[N+](=O)[O-].Cc1ccc(F)c(Cl)c1.Cc1ccc(N)nc1.Cc1ccc(O)cc1.Cc1ccccc1SOON.Cc1ccccc1[N+](=O)[O-].Cc1ccnc(N)c1.Cc1ccncc1.Cc1ccnnc1.Cc1cnnc(N)c1. The number of para-hydroxylation sites is 1. The van der Waals surface area contributed by atoms with Crippen molar-refractivity contribution >= 4 is 99.3 Å². The van der Waals surface area contributed by atoms with Gasteiger partial charge in [0.1, 0.15) is 40.5 Å². The summed E-state index contributed by atoms with van der Waals surface area (Å²) in [6.07, 6.45) is 15.7. The Hall–Kier alpha value is -13.1. The summed E-state index contributed by atoms with van der Waals surface area (Å²) >= 11 is 24.7. The smallest absolute Gasteiger partial charge is 0.273 e. The lowest BCUT2D eigenvalue weighted by atomic mass is 10.2. The minimum Gasteiger partial charge on any atom is -0.508 e. The third kappa shape index (κ3) is 60.5. The Balaban J connectivity index is 0.000000714. The van der Waals surface area contributed by atoms with Crippen molar-refractivity contribution in [1.29, 1.82) is 0 Å². The number of ether oxygens (including phenoxy) is 2. The highest BCUT2D eigenvalue weighted by Gasteiger charge is 2.10. The van der Waals surface area contributed by atoms with Crippen LogP contribution in [-0.4, -0.2) is 81.6 Å². The molecular formula is C100H116Cl4FN15O11S2.